The molecule has 0 spiro atoms. The van der Waals surface area contributed by atoms with Crippen molar-refractivity contribution in [3.8, 4) is 17.6 Å². The highest BCUT2D eigenvalue weighted by molar-refractivity contribution is 5.87. The Labute approximate surface area is 133 Å². The Morgan fingerprint density at radius 3 is 2.74 bits per heavy atom. The number of benzene rings is 2. The van der Waals surface area contributed by atoms with Crippen LogP contribution in [0.2, 0.25) is 0 Å². The average molecular weight is 307 g/mol. The Morgan fingerprint density at radius 2 is 1.96 bits per heavy atom. The fraction of sp³-hybridized carbons (Fsp3) is 0.111. The smallest absolute Gasteiger partial charge is 0.331 e. The Morgan fingerprint density at radius 1 is 1.17 bits per heavy atom. The molecule has 0 amide bonds. The third-order valence-corrected chi connectivity index (χ3v) is 3.27. The Bertz CT molecular complexity index is 788. The van der Waals surface area contributed by atoms with Crippen molar-refractivity contribution in [2.75, 3.05) is 6.79 Å². The number of hydrogen-bond donors (Lipinski definition) is 0. The second-order valence-electron chi connectivity index (χ2n) is 4.86. The molecule has 0 aliphatic carbocycles. The molecule has 0 atom stereocenters. The van der Waals surface area contributed by atoms with Gasteiger partial charge >= 0.3 is 5.97 Å². The number of nitrogens with zero attached hydrogens (tertiary/aromatic N) is 1. The number of fused-ring (bicyclic) bond motifs is 1. The van der Waals surface area contributed by atoms with Crippen molar-refractivity contribution in [3.63, 3.8) is 0 Å². The summed E-state index contributed by atoms with van der Waals surface area (Å²) < 4.78 is 15.7. The van der Waals surface area contributed by atoms with Crippen molar-refractivity contribution >= 4 is 12.0 Å². The summed E-state index contributed by atoms with van der Waals surface area (Å²) in [5, 5.41) is 8.72. The van der Waals surface area contributed by atoms with Crippen molar-refractivity contribution in [2.45, 2.75) is 6.61 Å². The molecule has 0 saturated heterocycles. The maximum Gasteiger partial charge on any atom is 0.331 e. The van der Waals surface area contributed by atoms with Gasteiger partial charge in [0.25, 0.3) is 0 Å². The molecule has 0 unspecified atom stereocenters. The standard InChI is InChI=1S/C18H13NO4/c19-10-14-1-3-15(4-2-14)11-21-18(20)8-6-13-5-7-16-17(9-13)23-12-22-16/h1-9H,11-12H2/b8-6+. The van der Waals surface area contributed by atoms with Gasteiger partial charge in [0.1, 0.15) is 6.61 Å². The monoisotopic (exact) mass is 307 g/mol. The summed E-state index contributed by atoms with van der Waals surface area (Å²) in [5.41, 5.74) is 2.22. The summed E-state index contributed by atoms with van der Waals surface area (Å²) in [5.74, 6) is 0.927. The van der Waals surface area contributed by atoms with E-state index >= 15 is 0 Å². The number of carbonyl (C=O) groups excluding carboxylic acids is 1. The van der Waals surface area contributed by atoms with Gasteiger partial charge in [-0.05, 0) is 41.5 Å². The Balaban J connectivity index is 1.55. The fourth-order valence-electron chi connectivity index (χ4n) is 2.06. The Kier molecular flexibility index (Phi) is 4.25. The van der Waals surface area contributed by atoms with E-state index in [1.54, 1.807) is 42.5 Å². The molecule has 23 heavy (non-hydrogen) atoms. The molecular weight excluding hydrogens is 294 g/mol. The molecule has 5 heteroatoms. The molecule has 3 rings (SSSR count). The second kappa shape index (κ2) is 6.67. The first-order valence-corrected chi connectivity index (χ1v) is 6.98. The molecule has 1 aliphatic heterocycles. The lowest BCUT2D eigenvalue weighted by atomic mass is 10.1. The van der Waals surface area contributed by atoms with Crippen LogP contribution in [0.15, 0.2) is 48.5 Å². The summed E-state index contributed by atoms with van der Waals surface area (Å²) in [4.78, 5) is 11.7. The second-order valence-corrected chi connectivity index (χ2v) is 4.86. The van der Waals surface area contributed by atoms with E-state index < -0.39 is 5.97 Å². The van der Waals surface area contributed by atoms with Gasteiger partial charge in [-0.3, -0.25) is 0 Å². The van der Waals surface area contributed by atoms with E-state index in [0.29, 0.717) is 17.1 Å². The van der Waals surface area contributed by atoms with Crippen LogP contribution in [0.5, 0.6) is 11.5 Å². The van der Waals surface area contributed by atoms with E-state index in [1.807, 2.05) is 12.1 Å². The summed E-state index contributed by atoms with van der Waals surface area (Å²) >= 11 is 0. The van der Waals surface area contributed by atoms with Gasteiger partial charge in [-0.1, -0.05) is 18.2 Å². The van der Waals surface area contributed by atoms with Gasteiger partial charge in [0.05, 0.1) is 11.6 Å². The minimum atomic E-state index is -0.438. The van der Waals surface area contributed by atoms with Crippen LogP contribution in [0.1, 0.15) is 16.7 Å². The van der Waals surface area contributed by atoms with E-state index in [2.05, 4.69) is 0 Å². The van der Waals surface area contributed by atoms with Crippen LogP contribution in [-0.2, 0) is 16.1 Å². The molecule has 5 nitrogen and oxygen atoms in total. The van der Waals surface area contributed by atoms with Gasteiger partial charge < -0.3 is 14.2 Å². The predicted molar refractivity (Wildman–Crippen MR) is 82.6 cm³/mol. The normalized spacial score (nSPS) is 12.1. The summed E-state index contributed by atoms with van der Waals surface area (Å²) in [6.07, 6.45) is 3.02. The number of nitriles is 1. The first-order chi connectivity index (χ1) is 11.2. The van der Waals surface area contributed by atoms with Crippen molar-refractivity contribution in [1.82, 2.24) is 0 Å². The molecule has 0 saturated carbocycles. The van der Waals surface area contributed by atoms with Crippen molar-refractivity contribution in [2.24, 2.45) is 0 Å². The lowest BCUT2D eigenvalue weighted by molar-refractivity contribution is -0.138. The fourth-order valence-corrected chi connectivity index (χ4v) is 2.06. The lowest BCUT2D eigenvalue weighted by Crippen LogP contribution is -2.00. The van der Waals surface area contributed by atoms with Gasteiger partial charge in [0.2, 0.25) is 6.79 Å². The zero-order valence-corrected chi connectivity index (χ0v) is 12.2. The minimum absolute atomic E-state index is 0.163. The minimum Gasteiger partial charge on any atom is -0.458 e. The van der Waals surface area contributed by atoms with Crippen LogP contribution < -0.4 is 9.47 Å². The maximum absolute atomic E-state index is 11.7. The first-order valence-electron chi connectivity index (χ1n) is 6.98. The molecule has 1 heterocycles. The zero-order chi connectivity index (χ0) is 16.1. The highest BCUT2D eigenvalue weighted by Gasteiger charge is 2.12. The highest BCUT2D eigenvalue weighted by atomic mass is 16.7. The van der Waals surface area contributed by atoms with E-state index in [-0.39, 0.29) is 13.4 Å². The molecule has 2 aromatic carbocycles. The largest absolute Gasteiger partial charge is 0.458 e. The number of rotatable bonds is 4. The first kappa shape index (κ1) is 14.7. The maximum atomic E-state index is 11.7. The SMILES string of the molecule is N#Cc1ccc(COC(=O)/C=C/c2ccc3c(c2)OCO3)cc1. The number of ether oxygens (including phenoxy) is 3. The molecule has 0 radical (unpaired) electrons. The molecule has 2 aromatic rings. The van der Waals surface area contributed by atoms with E-state index in [1.165, 1.54) is 6.08 Å². The van der Waals surface area contributed by atoms with E-state index in [9.17, 15) is 4.79 Å². The molecule has 0 fully saturated rings. The van der Waals surface area contributed by atoms with E-state index in [4.69, 9.17) is 19.5 Å². The van der Waals surface area contributed by atoms with Crippen LogP contribution >= 0.6 is 0 Å². The molecule has 0 aromatic heterocycles. The number of carbonyl (C=O) groups is 1. The topological polar surface area (TPSA) is 68.5 Å². The molecule has 0 bridgehead atoms. The number of hydrogen-bond acceptors (Lipinski definition) is 5. The van der Waals surface area contributed by atoms with Crippen LogP contribution in [0.3, 0.4) is 0 Å². The summed E-state index contributed by atoms with van der Waals surface area (Å²) in [6.45, 7) is 0.380. The molecule has 0 N–H and O–H groups in total. The van der Waals surface area contributed by atoms with Crippen LogP contribution in [0.4, 0.5) is 0 Å². The zero-order valence-electron chi connectivity index (χ0n) is 12.2. The van der Waals surface area contributed by atoms with Crippen LogP contribution in [-0.4, -0.2) is 12.8 Å². The van der Waals surface area contributed by atoms with Crippen molar-refractivity contribution in [3.05, 3.63) is 65.2 Å². The van der Waals surface area contributed by atoms with Gasteiger partial charge in [-0.15, -0.1) is 0 Å². The van der Waals surface area contributed by atoms with Crippen LogP contribution in [0.25, 0.3) is 6.08 Å². The lowest BCUT2D eigenvalue weighted by Gasteiger charge is -2.02. The van der Waals surface area contributed by atoms with E-state index in [0.717, 1.165) is 11.1 Å². The summed E-state index contributed by atoms with van der Waals surface area (Å²) in [6, 6.07) is 14.3. The van der Waals surface area contributed by atoms with Crippen molar-refractivity contribution < 1.29 is 19.0 Å². The highest BCUT2D eigenvalue weighted by Crippen LogP contribution is 2.32. The van der Waals surface area contributed by atoms with Gasteiger partial charge in [0, 0.05) is 6.08 Å². The van der Waals surface area contributed by atoms with Gasteiger partial charge in [-0.2, -0.15) is 5.26 Å². The van der Waals surface area contributed by atoms with Crippen molar-refractivity contribution in [1.29, 1.82) is 5.26 Å². The average Bonchev–Trinajstić information content (AvgIpc) is 3.06. The summed E-state index contributed by atoms with van der Waals surface area (Å²) in [7, 11) is 0. The Hall–Kier alpha value is -3.26. The van der Waals surface area contributed by atoms with Gasteiger partial charge in [-0.25, -0.2) is 4.79 Å². The third-order valence-electron chi connectivity index (χ3n) is 3.27. The molecule has 114 valence electrons. The quantitative estimate of drug-likeness (QED) is 0.641. The molecule has 1 aliphatic rings. The van der Waals surface area contributed by atoms with Gasteiger partial charge in [0.15, 0.2) is 11.5 Å². The van der Waals surface area contributed by atoms with Crippen LogP contribution in [0, 0.1) is 11.3 Å². The number of esters is 1. The predicted octanol–water partition coefficient (Wildman–Crippen LogP) is 3.04. The molecular formula is C18H13NO4. The third kappa shape index (κ3) is 3.69.